The van der Waals surface area contributed by atoms with Crippen molar-refractivity contribution in [3.8, 4) is 0 Å². The Kier molecular flexibility index (Phi) is 5.89. The predicted molar refractivity (Wildman–Crippen MR) is 10.6 cm³/mol. The summed E-state index contributed by atoms with van der Waals surface area (Å²) in [5.41, 5.74) is 0. The zero-order chi connectivity index (χ0) is 5.45. The molecule has 0 saturated carbocycles. The van der Waals surface area contributed by atoms with Gasteiger partial charge < -0.3 is 0 Å². The van der Waals surface area contributed by atoms with Crippen LogP contribution < -0.4 is 0 Å². The summed E-state index contributed by atoms with van der Waals surface area (Å²) < 4.78 is 43.1. The maximum absolute atomic E-state index is 8.61. The van der Waals surface area contributed by atoms with E-state index in [9.17, 15) is 0 Å². The van der Waals surface area contributed by atoms with Crippen LogP contribution in [-0.4, -0.2) is 18.9 Å². The molecule has 8 heavy (non-hydrogen) atoms. The van der Waals surface area contributed by atoms with Crippen molar-refractivity contribution < 1.29 is 47.7 Å². The predicted octanol–water partition coefficient (Wildman–Crippen LogP) is -1.25. The standard InChI is InChI=1S/Fe.Li.Mn.5O.H. The molecular formula is HFeLiMnO5. The van der Waals surface area contributed by atoms with Crippen molar-refractivity contribution >= 4 is 18.9 Å². The van der Waals surface area contributed by atoms with Gasteiger partial charge in [-0.1, -0.05) is 0 Å². The minimum atomic E-state index is -7.51. The van der Waals surface area contributed by atoms with E-state index >= 15 is 0 Å². The Balaban J connectivity index is -0.000000125. The molecule has 0 spiro atoms. The van der Waals surface area contributed by atoms with Crippen LogP contribution in [0.1, 0.15) is 0 Å². The van der Waals surface area contributed by atoms with Crippen LogP contribution in [0, 0.1) is 0 Å². The molecule has 5 nitrogen and oxygen atoms in total. The molecule has 47 valence electrons. The van der Waals surface area contributed by atoms with Gasteiger partial charge in [0.25, 0.3) is 0 Å². The van der Waals surface area contributed by atoms with Gasteiger partial charge >= 0.3 is 49.5 Å². The fraction of sp³-hybridized carbons (Fsp3) is 0. The van der Waals surface area contributed by atoms with Crippen LogP contribution in [0.5, 0.6) is 0 Å². The van der Waals surface area contributed by atoms with Gasteiger partial charge in [-0.2, -0.15) is 0 Å². The summed E-state index contributed by atoms with van der Waals surface area (Å²) in [4.78, 5) is 0. The van der Waals surface area contributed by atoms with E-state index in [1.165, 1.54) is 0 Å². The van der Waals surface area contributed by atoms with Gasteiger partial charge in [-0.25, -0.2) is 0 Å². The fourth-order valence-corrected chi connectivity index (χ4v) is 0. The molecule has 0 amide bonds. The van der Waals surface area contributed by atoms with E-state index in [1.807, 2.05) is 0 Å². The average molecular weight is 199 g/mol. The molecule has 0 bridgehead atoms. The number of rotatable bonds is 0. The Morgan fingerprint density at radius 1 is 0.750 bits per heavy atom. The zero-order valence-electron chi connectivity index (χ0n) is 2.77. The van der Waals surface area contributed by atoms with Gasteiger partial charge in [0, 0.05) is 17.1 Å². The van der Waals surface area contributed by atoms with Crippen molar-refractivity contribution in [2.24, 2.45) is 0 Å². The summed E-state index contributed by atoms with van der Waals surface area (Å²) in [7, 11) is 0. The third-order valence-corrected chi connectivity index (χ3v) is 0. The summed E-state index contributed by atoms with van der Waals surface area (Å²) in [6, 6.07) is 0. The van der Waals surface area contributed by atoms with Crippen LogP contribution in [-0.2, 0) is 47.7 Å². The van der Waals surface area contributed by atoms with E-state index in [2.05, 4.69) is 0 Å². The summed E-state index contributed by atoms with van der Waals surface area (Å²) in [5, 5.41) is 0. The molecule has 0 aromatic heterocycles. The Morgan fingerprint density at radius 3 is 0.750 bits per heavy atom. The second-order valence-electron chi connectivity index (χ2n) is 0.630. The van der Waals surface area contributed by atoms with Crippen LogP contribution in [0.15, 0.2) is 0 Å². The molecular weight excluding hydrogens is 198 g/mol. The molecule has 0 radical (unpaired) electrons. The first-order chi connectivity index (χ1) is 2.24. The summed E-state index contributed by atoms with van der Waals surface area (Å²) >= 11 is -7.51. The van der Waals surface area contributed by atoms with Crippen molar-refractivity contribution in [3.05, 3.63) is 0 Å². The van der Waals surface area contributed by atoms with Gasteiger partial charge in [0.15, 0.2) is 0 Å². The van der Waals surface area contributed by atoms with E-state index in [4.69, 9.17) is 19.2 Å². The van der Waals surface area contributed by atoms with Crippen LogP contribution in [0.3, 0.4) is 0 Å². The first kappa shape index (κ1) is 15.9. The monoisotopic (exact) mass is 199 g/mol. The first-order valence-corrected chi connectivity index (χ1v) is 3.18. The molecule has 0 rings (SSSR count). The summed E-state index contributed by atoms with van der Waals surface area (Å²) in [6.45, 7) is 0. The molecule has 0 unspecified atom stereocenters. The van der Waals surface area contributed by atoms with E-state index < -0.39 is 11.4 Å². The van der Waals surface area contributed by atoms with Gasteiger partial charge in [0.1, 0.15) is 0 Å². The molecule has 0 aromatic rings. The summed E-state index contributed by atoms with van der Waals surface area (Å²) in [6.07, 6.45) is 0. The van der Waals surface area contributed by atoms with E-state index in [0.717, 1.165) is 0 Å². The van der Waals surface area contributed by atoms with Crippen molar-refractivity contribution in [2.75, 3.05) is 0 Å². The number of hydrogen-bond donors (Lipinski definition) is 0. The van der Waals surface area contributed by atoms with E-state index in [0.29, 0.717) is 0 Å². The van der Waals surface area contributed by atoms with Crippen molar-refractivity contribution in [1.29, 1.82) is 0 Å². The van der Waals surface area contributed by atoms with Crippen molar-refractivity contribution in [1.82, 2.24) is 0 Å². The molecule has 8 heteroatoms. The molecule has 0 atom stereocenters. The average Bonchev–Trinajstić information content (AvgIpc) is 0.650. The minimum absolute atomic E-state index is 0. The van der Waals surface area contributed by atoms with Crippen LogP contribution in [0.2, 0.25) is 0 Å². The van der Waals surface area contributed by atoms with E-state index in [1.54, 1.807) is 0 Å². The first-order valence-electron chi connectivity index (χ1n) is 0.772. The van der Waals surface area contributed by atoms with E-state index in [-0.39, 0.29) is 35.9 Å². The van der Waals surface area contributed by atoms with Gasteiger partial charge in [-0.05, 0) is 0 Å². The second kappa shape index (κ2) is 2.97. The molecule has 0 N–H and O–H groups in total. The fourth-order valence-electron chi connectivity index (χ4n) is 0. The van der Waals surface area contributed by atoms with Crippen LogP contribution in [0.4, 0.5) is 0 Å². The van der Waals surface area contributed by atoms with Gasteiger partial charge in [0.05, 0.1) is 0 Å². The topological polar surface area (TPSA) is 85.3 Å². The second-order valence-corrected chi connectivity index (χ2v) is 2.60. The molecule has 0 heterocycles. The van der Waals surface area contributed by atoms with Crippen molar-refractivity contribution in [2.45, 2.75) is 0 Å². The Bertz CT molecular complexity index is 282. The Labute approximate surface area is 66.4 Å². The zero-order valence-corrected chi connectivity index (χ0v) is 5.06. The van der Waals surface area contributed by atoms with Gasteiger partial charge in [-0.3, -0.25) is 0 Å². The quantitative estimate of drug-likeness (QED) is 0.455. The van der Waals surface area contributed by atoms with Crippen molar-refractivity contribution in [3.63, 3.8) is 0 Å². The normalized spacial score (nSPS) is 10.6. The van der Waals surface area contributed by atoms with Gasteiger partial charge in [-0.15, -0.1) is 0 Å². The molecule has 0 saturated heterocycles. The molecule has 0 fully saturated rings. The van der Waals surface area contributed by atoms with Gasteiger partial charge in [0.2, 0.25) is 0 Å². The molecule has 0 aromatic carbocycles. The maximum atomic E-state index is 8.61. The third-order valence-electron chi connectivity index (χ3n) is 0. The van der Waals surface area contributed by atoms with Crippen LogP contribution in [0.25, 0.3) is 0 Å². The summed E-state index contributed by atoms with van der Waals surface area (Å²) in [5.74, 6) is 0. The van der Waals surface area contributed by atoms with Crippen LogP contribution >= 0.6 is 0 Å². The Morgan fingerprint density at radius 2 is 0.750 bits per heavy atom. The Hall–Kier alpha value is 0.636. The molecule has 0 aliphatic rings. The molecule has 0 aliphatic heterocycles. The third kappa shape index (κ3) is 521. The number of hydrogen-bond acceptors (Lipinski definition) is 5. The molecule has 0 aliphatic carbocycles. The SMILES string of the molecule is [Fe].[LiH].[O]=[Mn](=[O])(=[O])(=[O])=[O].